The molecule has 2 aromatic carbocycles. The molecular weight excluding hydrogens is 258 g/mol. The van der Waals surface area contributed by atoms with Gasteiger partial charge in [-0.2, -0.15) is 0 Å². The van der Waals surface area contributed by atoms with Crippen LogP contribution in [0.2, 0.25) is 0 Å². The third-order valence-corrected chi connectivity index (χ3v) is 3.11. The first kappa shape index (κ1) is 14.0. The lowest BCUT2D eigenvalue weighted by molar-refractivity contribution is 0.0827. The molecule has 0 aliphatic carbocycles. The minimum atomic E-state index is -0.188. The Morgan fingerprint density at radius 3 is 2.35 bits per heavy atom. The van der Waals surface area contributed by atoms with Gasteiger partial charge in [0.15, 0.2) is 11.5 Å². The number of methoxy groups -OCH3 is 2. The summed E-state index contributed by atoms with van der Waals surface area (Å²) in [6, 6.07) is 6.60. The number of phenols is 1. The highest BCUT2D eigenvalue weighted by atomic mass is 16.5. The van der Waals surface area contributed by atoms with Gasteiger partial charge in [-0.15, -0.1) is 0 Å². The number of phenolic OH excluding ortho intramolecular Hbond substituents is 1. The van der Waals surface area contributed by atoms with E-state index >= 15 is 0 Å². The lowest BCUT2D eigenvalue weighted by Crippen LogP contribution is -2.21. The lowest BCUT2D eigenvalue weighted by atomic mass is 10.0. The molecule has 0 aromatic heterocycles. The molecule has 0 heterocycles. The first-order valence-electron chi connectivity index (χ1n) is 6.09. The van der Waals surface area contributed by atoms with Gasteiger partial charge in [-0.3, -0.25) is 4.79 Å². The van der Waals surface area contributed by atoms with Crippen LogP contribution >= 0.6 is 0 Å². The molecule has 0 aliphatic rings. The van der Waals surface area contributed by atoms with Gasteiger partial charge >= 0.3 is 0 Å². The van der Waals surface area contributed by atoms with E-state index in [0.717, 1.165) is 0 Å². The fraction of sp³-hybridized carbons (Fsp3) is 0.267. The van der Waals surface area contributed by atoms with Crippen LogP contribution in [-0.2, 0) is 0 Å². The Hall–Kier alpha value is -2.43. The molecular formula is C15H17NO4. The average Bonchev–Trinajstić information content (AvgIpc) is 2.44. The number of amides is 1. The molecule has 0 saturated heterocycles. The topological polar surface area (TPSA) is 59.0 Å². The number of hydrogen-bond donors (Lipinski definition) is 1. The number of fused-ring (bicyclic) bond motifs is 1. The summed E-state index contributed by atoms with van der Waals surface area (Å²) in [5.74, 6) is 0.892. The van der Waals surface area contributed by atoms with Crippen molar-refractivity contribution < 1.29 is 19.4 Å². The minimum Gasteiger partial charge on any atom is -0.507 e. The summed E-state index contributed by atoms with van der Waals surface area (Å²) in [4.78, 5) is 13.5. The summed E-state index contributed by atoms with van der Waals surface area (Å²) in [6.45, 7) is 0. The van der Waals surface area contributed by atoms with Crippen molar-refractivity contribution in [1.82, 2.24) is 4.90 Å². The summed E-state index contributed by atoms with van der Waals surface area (Å²) in [6.07, 6.45) is 0. The van der Waals surface area contributed by atoms with E-state index in [1.54, 1.807) is 39.4 Å². The Morgan fingerprint density at radius 1 is 1.10 bits per heavy atom. The van der Waals surface area contributed by atoms with Crippen molar-refractivity contribution in [2.75, 3.05) is 28.3 Å². The van der Waals surface area contributed by atoms with Gasteiger partial charge in [0, 0.05) is 30.4 Å². The molecule has 5 heteroatoms. The van der Waals surface area contributed by atoms with E-state index in [9.17, 15) is 9.90 Å². The maximum absolute atomic E-state index is 12.0. The zero-order valence-electron chi connectivity index (χ0n) is 11.9. The van der Waals surface area contributed by atoms with Crippen LogP contribution in [0.25, 0.3) is 10.8 Å². The Labute approximate surface area is 117 Å². The Bertz CT molecular complexity index is 664. The molecule has 5 nitrogen and oxygen atoms in total. The van der Waals surface area contributed by atoms with E-state index in [1.807, 2.05) is 0 Å². The Kier molecular flexibility index (Phi) is 3.70. The molecule has 2 aromatic rings. The maximum atomic E-state index is 12.0. The van der Waals surface area contributed by atoms with Crippen LogP contribution in [0.5, 0.6) is 17.2 Å². The summed E-state index contributed by atoms with van der Waals surface area (Å²) in [5.41, 5.74) is 0.395. The number of carbonyl (C=O) groups is 1. The van der Waals surface area contributed by atoms with Crippen molar-refractivity contribution in [3.63, 3.8) is 0 Å². The van der Waals surface area contributed by atoms with Gasteiger partial charge in [0.05, 0.1) is 14.2 Å². The van der Waals surface area contributed by atoms with E-state index < -0.39 is 0 Å². The number of rotatable bonds is 3. The van der Waals surface area contributed by atoms with Crippen molar-refractivity contribution >= 4 is 16.7 Å². The first-order chi connectivity index (χ1) is 9.49. The molecule has 0 spiro atoms. The smallest absolute Gasteiger partial charge is 0.253 e. The number of ether oxygens (including phenoxy) is 2. The van der Waals surface area contributed by atoms with Crippen molar-refractivity contribution in [2.45, 2.75) is 0 Å². The predicted molar refractivity (Wildman–Crippen MR) is 76.7 cm³/mol. The highest BCUT2D eigenvalue weighted by Crippen LogP contribution is 2.39. The second-order valence-electron chi connectivity index (χ2n) is 4.59. The van der Waals surface area contributed by atoms with E-state index in [4.69, 9.17) is 9.47 Å². The first-order valence-corrected chi connectivity index (χ1v) is 6.09. The van der Waals surface area contributed by atoms with Crippen LogP contribution in [0.15, 0.2) is 24.3 Å². The number of benzene rings is 2. The lowest BCUT2D eigenvalue weighted by Gasteiger charge is -2.14. The molecule has 0 unspecified atom stereocenters. The van der Waals surface area contributed by atoms with Gasteiger partial charge in [-0.25, -0.2) is 0 Å². The summed E-state index contributed by atoms with van der Waals surface area (Å²) in [7, 11) is 6.38. The molecule has 2 rings (SSSR count). The fourth-order valence-corrected chi connectivity index (χ4v) is 2.12. The summed E-state index contributed by atoms with van der Waals surface area (Å²) in [5, 5.41) is 11.3. The molecule has 0 saturated carbocycles. The molecule has 0 fully saturated rings. The maximum Gasteiger partial charge on any atom is 0.253 e. The van der Waals surface area contributed by atoms with Crippen LogP contribution in [0.4, 0.5) is 0 Å². The van der Waals surface area contributed by atoms with Gasteiger partial charge in [0.25, 0.3) is 5.91 Å². The van der Waals surface area contributed by atoms with Crippen LogP contribution in [0.3, 0.4) is 0 Å². The largest absolute Gasteiger partial charge is 0.507 e. The molecule has 0 atom stereocenters. The number of hydrogen-bond acceptors (Lipinski definition) is 4. The molecule has 0 bridgehead atoms. The monoisotopic (exact) mass is 275 g/mol. The minimum absolute atomic E-state index is 0.0358. The van der Waals surface area contributed by atoms with Gasteiger partial charge in [0.1, 0.15) is 5.75 Å². The van der Waals surface area contributed by atoms with Crippen LogP contribution in [-0.4, -0.2) is 44.2 Å². The van der Waals surface area contributed by atoms with E-state index in [1.165, 1.54) is 18.1 Å². The predicted octanol–water partition coefficient (Wildman–Crippen LogP) is 2.26. The van der Waals surface area contributed by atoms with Gasteiger partial charge in [-0.05, 0) is 24.3 Å². The highest BCUT2D eigenvalue weighted by molar-refractivity contribution is 6.03. The molecule has 1 amide bonds. The standard InChI is InChI=1S/C15H17NO4/c1-16(2)15(18)9-7-11-10(12(17)8-9)5-6-13(19-3)14(11)20-4/h5-8,17H,1-4H3. The Balaban J connectivity index is 2.76. The van der Waals surface area contributed by atoms with E-state index in [0.29, 0.717) is 27.8 Å². The fourth-order valence-electron chi connectivity index (χ4n) is 2.12. The van der Waals surface area contributed by atoms with E-state index in [-0.39, 0.29) is 11.7 Å². The number of aromatic hydroxyl groups is 1. The molecule has 1 N–H and O–H groups in total. The highest BCUT2D eigenvalue weighted by Gasteiger charge is 2.16. The number of nitrogens with zero attached hydrogens (tertiary/aromatic N) is 1. The van der Waals surface area contributed by atoms with Crippen molar-refractivity contribution in [3.05, 3.63) is 29.8 Å². The van der Waals surface area contributed by atoms with Gasteiger partial charge in [0.2, 0.25) is 0 Å². The van der Waals surface area contributed by atoms with Crippen LogP contribution in [0, 0.1) is 0 Å². The van der Waals surface area contributed by atoms with Crippen molar-refractivity contribution in [3.8, 4) is 17.2 Å². The second kappa shape index (κ2) is 5.28. The molecule has 0 aliphatic heterocycles. The van der Waals surface area contributed by atoms with Crippen molar-refractivity contribution in [1.29, 1.82) is 0 Å². The zero-order valence-corrected chi connectivity index (χ0v) is 11.9. The summed E-state index contributed by atoms with van der Waals surface area (Å²) < 4.78 is 10.6. The zero-order chi connectivity index (χ0) is 14.9. The third kappa shape index (κ3) is 2.22. The van der Waals surface area contributed by atoms with Gasteiger partial charge in [-0.1, -0.05) is 0 Å². The average molecular weight is 275 g/mol. The molecule has 106 valence electrons. The third-order valence-electron chi connectivity index (χ3n) is 3.11. The van der Waals surface area contributed by atoms with Crippen LogP contribution in [0.1, 0.15) is 10.4 Å². The molecule has 0 radical (unpaired) electrons. The van der Waals surface area contributed by atoms with Crippen LogP contribution < -0.4 is 9.47 Å². The molecule has 20 heavy (non-hydrogen) atoms. The van der Waals surface area contributed by atoms with Gasteiger partial charge < -0.3 is 19.5 Å². The quantitative estimate of drug-likeness (QED) is 0.933. The normalized spacial score (nSPS) is 10.4. The van der Waals surface area contributed by atoms with E-state index in [2.05, 4.69) is 0 Å². The summed E-state index contributed by atoms with van der Waals surface area (Å²) >= 11 is 0. The SMILES string of the molecule is COc1ccc2c(O)cc(C(=O)N(C)C)cc2c1OC. The number of carbonyl (C=O) groups excluding carboxylic acids is 1. The van der Waals surface area contributed by atoms with Crippen molar-refractivity contribution in [2.24, 2.45) is 0 Å². The second-order valence-corrected chi connectivity index (χ2v) is 4.59. The Morgan fingerprint density at radius 2 is 1.80 bits per heavy atom.